The van der Waals surface area contributed by atoms with Crippen molar-refractivity contribution in [2.24, 2.45) is 5.73 Å². The zero-order valence-corrected chi connectivity index (χ0v) is 10.6. The molecule has 0 amide bonds. The maximum Gasteiger partial charge on any atom is 0.0674 e. The molecule has 0 saturated carbocycles. The Balaban J connectivity index is 2.20. The molecule has 2 N–H and O–H groups in total. The maximum absolute atomic E-state index is 5.61. The highest BCUT2D eigenvalue weighted by molar-refractivity contribution is 9.10. The van der Waals surface area contributed by atoms with Crippen LogP contribution in [-0.4, -0.2) is 14.8 Å². The van der Waals surface area contributed by atoms with Gasteiger partial charge < -0.3 is 5.73 Å². The van der Waals surface area contributed by atoms with Crippen molar-refractivity contribution in [1.82, 2.24) is 14.8 Å². The predicted molar refractivity (Wildman–Crippen MR) is 65.9 cm³/mol. The molecule has 2 heterocycles. The Morgan fingerprint density at radius 3 is 2.88 bits per heavy atom. The van der Waals surface area contributed by atoms with Crippen molar-refractivity contribution >= 4 is 15.9 Å². The van der Waals surface area contributed by atoms with Crippen molar-refractivity contribution in [2.45, 2.75) is 20.0 Å². The monoisotopic (exact) mass is 280 g/mol. The topological polar surface area (TPSA) is 56.7 Å². The minimum absolute atomic E-state index is 0.530. The van der Waals surface area contributed by atoms with Gasteiger partial charge in [0.15, 0.2) is 0 Å². The molecule has 0 aliphatic rings. The molecule has 5 heteroatoms. The molecule has 0 aliphatic carbocycles. The van der Waals surface area contributed by atoms with Crippen LogP contribution in [0.25, 0.3) is 0 Å². The highest BCUT2D eigenvalue weighted by Crippen LogP contribution is 2.11. The molecule has 0 radical (unpaired) electrons. The van der Waals surface area contributed by atoms with Crippen molar-refractivity contribution in [1.29, 1.82) is 0 Å². The normalized spacial score (nSPS) is 10.7. The number of halogens is 1. The van der Waals surface area contributed by atoms with Crippen LogP contribution in [0, 0.1) is 6.92 Å². The molecule has 2 aromatic heterocycles. The Bertz CT molecular complexity index is 492. The lowest BCUT2D eigenvalue weighted by molar-refractivity contribution is 0.677. The van der Waals surface area contributed by atoms with E-state index >= 15 is 0 Å². The summed E-state index contributed by atoms with van der Waals surface area (Å²) in [5, 5.41) is 4.40. The summed E-state index contributed by atoms with van der Waals surface area (Å²) in [6, 6.07) is 2.03. The Morgan fingerprint density at radius 2 is 2.25 bits per heavy atom. The number of pyridine rings is 1. The average Bonchev–Trinajstić information content (AvgIpc) is 2.58. The SMILES string of the molecule is Cc1nn(Cc2cncc(Br)c2)cc1CN. The zero-order valence-electron chi connectivity index (χ0n) is 9.02. The smallest absolute Gasteiger partial charge is 0.0674 e. The molecule has 2 rings (SSSR count). The Hall–Kier alpha value is -1.20. The third kappa shape index (κ3) is 2.48. The van der Waals surface area contributed by atoms with Crippen LogP contribution in [0.5, 0.6) is 0 Å². The summed E-state index contributed by atoms with van der Waals surface area (Å²) in [7, 11) is 0. The van der Waals surface area contributed by atoms with Gasteiger partial charge in [-0.1, -0.05) is 0 Å². The quantitative estimate of drug-likeness (QED) is 0.934. The largest absolute Gasteiger partial charge is 0.326 e. The molecule has 0 spiro atoms. The molecule has 4 nitrogen and oxygen atoms in total. The maximum atomic E-state index is 5.61. The van der Waals surface area contributed by atoms with Crippen LogP contribution in [0.2, 0.25) is 0 Å². The second-order valence-electron chi connectivity index (χ2n) is 3.65. The van der Waals surface area contributed by atoms with Crippen molar-refractivity contribution in [2.75, 3.05) is 0 Å². The molecule has 0 saturated heterocycles. The van der Waals surface area contributed by atoms with E-state index in [4.69, 9.17) is 5.73 Å². The first-order chi connectivity index (χ1) is 7.69. The molecule has 2 aromatic rings. The lowest BCUT2D eigenvalue weighted by atomic mass is 10.3. The van der Waals surface area contributed by atoms with Gasteiger partial charge in [0.2, 0.25) is 0 Å². The standard InChI is InChI=1S/C11H13BrN4/c1-8-10(3-13)7-16(15-8)6-9-2-11(12)5-14-4-9/h2,4-5,7H,3,6,13H2,1H3. The van der Waals surface area contributed by atoms with Gasteiger partial charge in [0.25, 0.3) is 0 Å². The van der Waals surface area contributed by atoms with E-state index in [-0.39, 0.29) is 0 Å². The summed E-state index contributed by atoms with van der Waals surface area (Å²) in [5.41, 5.74) is 8.80. The van der Waals surface area contributed by atoms with Gasteiger partial charge in [-0.3, -0.25) is 9.67 Å². The lowest BCUT2D eigenvalue weighted by Crippen LogP contribution is -2.01. The minimum Gasteiger partial charge on any atom is -0.326 e. The predicted octanol–water partition coefficient (Wildman–Crippen LogP) is 1.86. The molecule has 0 bridgehead atoms. The van der Waals surface area contributed by atoms with Gasteiger partial charge in [-0.2, -0.15) is 5.10 Å². The van der Waals surface area contributed by atoms with Crippen LogP contribution in [0.3, 0.4) is 0 Å². The summed E-state index contributed by atoms with van der Waals surface area (Å²) in [6.45, 7) is 3.22. The van der Waals surface area contributed by atoms with E-state index in [0.717, 1.165) is 21.3 Å². The Labute approximate surface area is 103 Å². The highest BCUT2D eigenvalue weighted by atomic mass is 79.9. The van der Waals surface area contributed by atoms with Crippen LogP contribution >= 0.6 is 15.9 Å². The van der Waals surface area contributed by atoms with Crippen molar-refractivity contribution in [3.8, 4) is 0 Å². The van der Waals surface area contributed by atoms with Crippen LogP contribution in [0.15, 0.2) is 29.1 Å². The van der Waals surface area contributed by atoms with Crippen LogP contribution in [-0.2, 0) is 13.1 Å². The van der Waals surface area contributed by atoms with Gasteiger partial charge in [-0.05, 0) is 34.5 Å². The fraction of sp³-hybridized carbons (Fsp3) is 0.273. The van der Waals surface area contributed by atoms with Crippen molar-refractivity contribution in [3.63, 3.8) is 0 Å². The summed E-state index contributed by atoms with van der Waals surface area (Å²) < 4.78 is 2.87. The number of aryl methyl sites for hydroxylation is 1. The minimum atomic E-state index is 0.530. The van der Waals surface area contributed by atoms with E-state index in [2.05, 4.69) is 26.0 Å². The van der Waals surface area contributed by atoms with Crippen LogP contribution in [0.1, 0.15) is 16.8 Å². The van der Waals surface area contributed by atoms with E-state index in [9.17, 15) is 0 Å². The Morgan fingerprint density at radius 1 is 1.44 bits per heavy atom. The first-order valence-electron chi connectivity index (χ1n) is 5.01. The number of hydrogen-bond donors (Lipinski definition) is 1. The number of aromatic nitrogens is 3. The third-order valence-corrected chi connectivity index (χ3v) is 2.81. The van der Waals surface area contributed by atoms with E-state index in [1.54, 1.807) is 6.20 Å². The molecule has 16 heavy (non-hydrogen) atoms. The van der Waals surface area contributed by atoms with Crippen LogP contribution < -0.4 is 5.73 Å². The molecule has 0 aromatic carbocycles. The second-order valence-corrected chi connectivity index (χ2v) is 4.57. The van der Waals surface area contributed by atoms with E-state index in [1.165, 1.54) is 0 Å². The van der Waals surface area contributed by atoms with E-state index in [0.29, 0.717) is 13.1 Å². The fourth-order valence-electron chi connectivity index (χ4n) is 1.57. The first kappa shape index (κ1) is 11.3. The van der Waals surface area contributed by atoms with E-state index < -0.39 is 0 Å². The summed E-state index contributed by atoms with van der Waals surface area (Å²) in [5.74, 6) is 0. The van der Waals surface area contributed by atoms with Crippen LogP contribution in [0.4, 0.5) is 0 Å². The summed E-state index contributed by atoms with van der Waals surface area (Å²) >= 11 is 3.40. The summed E-state index contributed by atoms with van der Waals surface area (Å²) in [4.78, 5) is 4.12. The highest BCUT2D eigenvalue weighted by Gasteiger charge is 2.03. The number of nitrogens with zero attached hydrogens (tertiary/aromatic N) is 3. The average molecular weight is 281 g/mol. The van der Waals surface area contributed by atoms with Gasteiger partial charge in [-0.25, -0.2) is 0 Å². The zero-order chi connectivity index (χ0) is 11.5. The summed E-state index contributed by atoms with van der Waals surface area (Å²) in [6.07, 6.45) is 5.59. The van der Waals surface area contributed by atoms with Gasteiger partial charge >= 0.3 is 0 Å². The molecule has 0 aliphatic heterocycles. The molecule has 84 valence electrons. The molecule has 0 fully saturated rings. The van der Waals surface area contributed by atoms with Crippen molar-refractivity contribution in [3.05, 3.63) is 46.0 Å². The molecule has 0 unspecified atom stereocenters. The number of nitrogens with two attached hydrogens (primary N) is 1. The van der Waals surface area contributed by atoms with Gasteiger partial charge in [0, 0.05) is 35.2 Å². The molecular formula is C11H13BrN4. The Kier molecular flexibility index (Phi) is 3.36. The number of rotatable bonds is 3. The third-order valence-electron chi connectivity index (χ3n) is 2.37. The second kappa shape index (κ2) is 4.76. The number of hydrogen-bond acceptors (Lipinski definition) is 3. The molecule has 0 atom stereocenters. The van der Waals surface area contributed by atoms with Crippen molar-refractivity contribution < 1.29 is 0 Å². The van der Waals surface area contributed by atoms with Gasteiger partial charge in [0.05, 0.1) is 12.2 Å². The van der Waals surface area contributed by atoms with Gasteiger partial charge in [0.1, 0.15) is 0 Å². The first-order valence-corrected chi connectivity index (χ1v) is 5.81. The van der Waals surface area contributed by atoms with E-state index in [1.807, 2.05) is 30.1 Å². The molecular weight excluding hydrogens is 268 g/mol. The lowest BCUT2D eigenvalue weighted by Gasteiger charge is -2.01. The fourth-order valence-corrected chi connectivity index (χ4v) is 1.98. The van der Waals surface area contributed by atoms with Gasteiger partial charge in [-0.15, -0.1) is 0 Å².